The summed E-state index contributed by atoms with van der Waals surface area (Å²) >= 11 is 0. The molecule has 2 nitrogen and oxygen atoms in total. The number of rotatable bonds is 10. The van der Waals surface area contributed by atoms with Gasteiger partial charge in [0.25, 0.3) is 0 Å². The fourth-order valence-electron chi connectivity index (χ4n) is 2.97. The molecule has 0 amide bonds. The van der Waals surface area contributed by atoms with E-state index in [-0.39, 0.29) is 11.8 Å². The minimum absolute atomic E-state index is 0.0458. The Morgan fingerprint density at radius 2 is 1.58 bits per heavy atom. The maximum atomic E-state index is 10.5. The van der Waals surface area contributed by atoms with E-state index < -0.39 is 6.10 Å². The van der Waals surface area contributed by atoms with Gasteiger partial charge in [0, 0.05) is 5.92 Å². The van der Waals surface area contributed by atoms with E-state index in [1.807, 2.05) is 42.5 Å². The average Bonchev–Trinajstić information content (AvgIpc) is 2.62. The third-order valence-corrected chi connectivity index (χ3v) is 4.44. The first-order valence-corrected chi connectivity index (χ1v) is 8.67. The summed E-state index contributed by atoms with van der Waals surface area (Å²) in [6, 6.07) is 20.4. The zero-order valence-electron chi connectivity index (χ0n) is 14.5. The lowest BCUT2D eigenvalue weighted by Crippen LogP contribution is -2.28. The molecule has 0 radical (unpaired) electrons. The van der Waals surface area contributed by atoms with E-state index in [0.29, 0.717) is 13.2 Å². The van der Waals surface area contributed by atoms with Crippen molar-refractivity contribution in [3.05, 3.63) is 84.4 Å². The predicted molar refractivity (Wildman–Crippen MR) is 99.7 cm³/mol. The quantitative estimate of drug-likeness (QED) is 0.645. The average molecular weight is 324 g/mol. The van der Waals surface area contributed by atoms with Crippen molar-refractivity contribution in [2.45, 2.75) is 32.5 Å². The highest BCUT2D eigenvalue weighted by molar-refractivity contribution is 5.15. The highest BCUT2D eigenvalue weighted by Crippen LogP contribution is 2.22. The SMILES string of the molecule is C=C[C@H]([C@H](O)CCc1ccccc1)[C@@H](C)COCc1ccccc1. The minimum atomic E-state index is -0.391. The van der Waals surface area contributed by atoms with Crippen LogP contribution < -0.4 is 0 Å². The molecule has 0 fully saturated rings. The number of hydrogen-bond acceptors (Lipinski definition) is 2. The van der Waals surface area contributed by atoms with E-state index in [0.717, 1.165) is 12.8 Å². The monoisotopic (exact) mass is 324 g/mol. The minimum Gasteiger partial charge on any atom is -0.392 e. The summed E-state index contributed by atoms with van der Waals surface area (Å²) < 4.78 is 5.82. The fraction of sp³-hybridized carbons (Fsp3) is 0.364. The van der Waals surface area contributed by atoms with Crippen LogP contribution in [0, 0.1) is 11.8 Å². The van der Waals surface area contributed by atoms with E-state index >= 15 is 0 Å². The second-order valence-corrected chi connectivity index (χ2v) is 6.38. The first-order valence-electron chi connectivity index (χ1n) is 8.67. The van der Waals surface area contributed by atoms with Crippen LogP contribution in [0.2, 0.25) is 0 Å². The summed E-state index contributed by atoms with van der Waals surface area (Å²) in [7, 11) is 0. The van der Waals surface area contributed by atoms with Gasteiger partial charge in [-0.2, -0.15) is 0 Å². The standard InChI is InChI=1S/C22H28O2/c1-3-21(22(23)15-14-19-10-6-4-7-11-19)18(2)16-24-17-20-12-8-5-9-13-20/h3-13,18,21-23H,1,14-17H2,2H3/t18-,21-,22+/m0/s1. The molecule has 2 aromatic carbocycles. The number of benzene rings is 2. The van der Waals surface area contributed by atoms with Gasteiger partial charge in [-0.05, 0) is 29.9 Å². The molecule has 0 aliphatic carbocycles. The van der Waals surface area contributed by atoms with Gasteiger partial charge in [-0.15, -0.1) is 6.58 Å². The van der Waals surface area contributed by atoms with Crippen LogP contribution in [-0.2, 0) is 17.8 Å². The number of aliphatic hydroxyl groups is 1. The zero-order valence-corrected chi connectivity index (χ0v) is 14.5. The Morgan fingerprint density at radius 1 is 1.00 bits per heavy atom. The third-order valence-electron chi connectivity index (χ3n) is 4.44. The fourth-order valence-corrected chi connectivity index (χ4v) is 2.97. The summed E-state index contributed by atoms with van der Waals surface area (Å²) in [5, 5.41) is 10.5. The topological polar surface area (TPSA) is 29.5 Å². The zero-order chi connectivity index (χ0) is 17.2. The van der Waals surface area contributed by atoms with Crippen LogP contribution in [0.3, 0.4) is 0 Å². The molecule has 1 N–H and O–H groups in total. The molecule has 0 heterocycles. The molecule has 3 atom stereocenters. The van der Waals surface area contributed by atoms with Crippen molar-refractivity contribution in [3.8, 4) is 0 Å². The summed E-state index contributed by atoms with van der Waals surface area (Å²) in [5.41, 5.74) is 2.43. The van der Waals surface area contributed by atoms with Crippen LogP contribution in [0.4, 0.5) is 0 Å². The largest absolute Gasteiger partial charge is 0.392 e. The summed E-state index contributed by atoms with van der Waals surface area (Å²) in [6.45, 7) is 7.25. The molecule has 0 unspecified atom stereocenters. The summed E-state index contributed by atoms with van der Waals surface area (Å²) in [6.07, 6.45) is 3.10. The van der Waals surface area contributed by atoms with Crippen LogP contribution >= 0.6 is 0 Å². The molecule has 0 aliphatic rings. The maximum absolute atomic E-state index is 10.5. The molecule has 0 saturated carbocycles. The summed E-state index contributed by atoms with van der Waals surface area (Å²) in [5.74, 6) is 0.279. The number of aryl methyl sites for hydroxylation is 1. The number of hydrogen-bond donors (Lipinski definition) is 1. The second kappa shape index (κ2) is 10.1. The molecule has 2 heteroatoms. The first kappa shape index (κ1) is 18.4. The van der Waals surface area contributed by atoms with Gasteiger partial charge in [0.2, 0.25) is 0 Å². The van der Waals surface area contributed by atoms with E-state index in [1.54, 1.807) is 0 Å². The normalized spacial score (nSPS) is 14.8. The molecule has 2 aromatic rings. The van der Waals surface area contributed by atoms with E-state index in [2.05, 4.69) is 37.8 Å². The summed E-state index contributed by atoms with van der Waals surface area (Å²) in [4.78, 5) is 0. The first-order chi connectivity index (χ1) is 11.7. The lowest BCUT2D eigenvalue weighted by molar-refractivity contribution is 0.0362. The lowest BCUT2D eigenvalue weighted by atomic mass is 9.86. The molecular weight excluding hydrogens is 296 g/mol. The van der Waals surface area contributed by atoms with E-state index in [4.69, 9.17) is 4.74 Å². The molecular formula is C22H28O2. The van der Waals surface area contributed by atoms with Crippen molar-refractivity contribution in [2.75, 3.05) is 6.61 Å². The molecule has 0 bridgehead atoms. The van der Waals surface area contributed by atoms with Crippen LogP contribution in [0.25, 0.3) is 0 Å². The number of aliphatic hydroxyl groups excluding tert-OH is 1. The highest BCUT2D eigenvalue weighted by atomic mass is 16.5. The van der Waals surface area contributed by atoms with Crippen LogP contribution in [-0.4, -0.2) is 17.8 Å². The Morgan fingerprint density at radius 3 is 2.17 bits per heavy atom. The van der Waals surface area contributed by atoms with Crippen molar-refractivity contribution in [2.24, 2.45) is 11.8 Å². The Kier molecular flexibility index (Phi) is 7.73. The van der Waals surface area contributed by atoms with Gasteiger partial charge in [0.05, 0.1) is 19.3 Å². The highest BCUT2D eigenvalue weighted by Gasteiger charge is 2.22. The van der Waals surface area contributed by atoms with Crippen LogP contribution in [0.15, 0.2) is 73.3 Å². The molecule has 24 heavy (non-hydrogen) atoms. The van der Waals surface area contributed by atoms with E-state index in [9.17, 15) is 5.11 Å². The van der Waals surface area contributed by atoms with Crippen molar-refractivity contribution in [1.29, 1.82) is 0 Å². The second-order valence-electron chi connectivity index (χ2n) is 6.38. The maximum Gasteiger partial charge on any atom is 0.0717 e. The van der Waals surface area contributed by atoms with Crippen molar-refractivity contribution >= 4 is 0 Å². The van der Waals surface area contributed by atoms with Gasteiger partial charge in [0.1, 0.15) is 0 Å². The number of ether oxygens (including phenoxy) is 1. The molecule has 0 aliphatic heterocycles. The van der Waals surface area contributed by atoms with Crippen LogP contribution in [0.5, 0.6) is 0 Å². The van der Waals surface area contributed by atoms with Gasteiger partial charge >= 0.3 is 0 Å². The Labute approximate surface area is 145 Å². The van der Waals surface area contributed by atoms with Gasteiger partial charge in [-0.1, -0.05) is 73.7 Å². The molecule has 128 valence electrons. The molecule has 2 rings (SSSR count). The van der Waals surface area contributed by atoms with Crippen molar-refractivity contribution in [1.82, 2.24) is 0 Å². The van der Waals surface area contributed by atoms with Crippen LogP contribution in [0.1, 0.15) is 24.5 Å². The predicted octanol–water partition coefficient (Wildman–Crippen LogP) is 4.64. The molecule has 0 saturated heterocycles. The Bertz CT molecular complexity index is 579. The Balaban J connectivity index is 1.77. The van der Waals surface area contributed by atoms with Gasteiger partial charge < -0.3 is 9.84 Å². The Hall–Kier alpha value is -1.90. The molecule has 0 aromatic heterocycles. The van der Waals surface area contributed by atoms with Gasteiger partial charge in [-0.3, -0.25) is 0 Å². The van der Waals surface area contributed by atoms with Crippen molar-refractivity contribution in [3.63, 3.8) is 0 Å². The lowest BCUT2D eigenvalue weighted by Gasteiger charge is -2.26. The van der Waals surface area contributed by atoms with E-state index in [1.165, 1.54) is 11.1 Å². The van der Waals surface area contributed by atoms with Gasteiger partial charge in [0.15, 0.2) is 0 Å². The van der Waals surface area contributed by atoms with Gasteiger partial charge in [-0.25, -0.2) is 0 Å². The third kappa shape index (κ3) is 5.95. The molecule has 0 spiro atoms. The smallest absolute Gasteiger partial charge is 0.0717 e. The van der Waals surface area contributed by atoms with Crippen molar-refractivity contribution < 1.29 is 9.84 Å².